The summed E-state index contributed by atoms with van der Waals surface area (Å²) in [6, 6.07) is 7.05. The molecule has 1 fully saturated rings. The summed E-state index contributed by atoms with van der Waals surface area (Å²) in [7, 11) is 4.29. The SMILES string of the molecule is CN(C)C1CCN(C(CN)c2ccc3c(c2)OCO3)C1. The molecule has 3 rings (SSSR count). The maximum absolute atomic E-state index is 6.02. The first-order chi connectivity index (χ1) is 9.69. The molecule has 5 heteroatoms. The topological polar surface area (TPSA) is 51.0 Å². The molecule has 2 aliphatic rings. The zero-order chi connectivity index (χ0) is 14.1. The largest absolute Gasteiger partial charge is 0.454 e. The molecule has 5 nitrogen and oxygen atoms in total. The van der Waals surface area contributed by atoms with Crippen LogP contribution in [0.2, 0.25) is 0 Å². The van der Waals surface area contributed by atoms with Crippen LogP contribution in [0.5, 0.6) is 11.5 Å². The highest BCUT2D eigenvalue weighted by molar-refractivity contribution is 5.45. The summed E-state index contributed by atoms with van der Waals surface area (Å²) in [5.74, 6) is 1.67. The van der Waals surface area contributed by atoms with Crippen LogP contribution < -0.4 is 15.2 Å². The van der Waals surface area contributed by atoms with Crippen LogP contribution in [-0.4, -0.2) is 56.4 Å². The van der Waals surface area contributed by atoms with Crippen molar-refractivity contribution in [2.75, 3.05) is 40.5 Å². The van der Waals surface area contributed by atoms with Crippen LogP contribution in [0.25, 0.3) is 0 Å². The van der Waals surface area contributed by atoms with Gasteiger partial charge in [-0.25, -0.2) is 0 Å². The van der Waals surface area contributed by atoms with Crippen LogP contribution in [0, 0.1) is 0 Å². The highest BCUT2D eigenvalue weighted by Gasteiger charge is 2.30. The molecule has 0 saturated carbocycles. The van der Waals surface area contributed by atoms with Gasteiger partial charge in [0.1, 0.15) is 0 Å². The van der Waals surface area contributed by atoms with E-state index >= 15 is 0 Å². The summed E-state index contributed by atoms with van der Waals surface area (Å²) in [5.41, 5.74) is 7.24. The Balaban J connectivity index is 1.77. The maximum atomic E-state index is 6.02. The fraction of sp³-hybridized carbons (Fsp3) is 0.600. The molecule has 0 aromatic heterocycles. The second-order valence-corrected chi connectivity index (χ2v) is 5.77. The maximum Gasteiger partial charge on any atom is 0.231 e. The minimum atomic E-state index is 0.259. The lowest BCUT2D eigenvalue weighted by atomic mass is 10.0. The van der Waals surface area contributed by atoms with Crippen molar-refractivity contribution in [3.05, 3.63) is 23.8 Å². The number of fused-ring (bicyclic) bond motifs is 1. The van der Waals surface area contributed by atoms with Gasteiger partial charge in [-0.05, 0) is 38.2 Å². The van der Waals surface area contributed by atoms with Crippen molar-refractivity contribution in [3.8, 4) is 11.5 Å². The van der Waals surface area contributed by atoms with E-state index in [1.807, 2.05) is 6.07 Å². The Kier molecular flexibility index (Phi) is 3.83. The standard InChI is InChI=1S/C15H23N3O2/c1-17(2)12-5-6-18(9-12)13(8-16)11-3-4-14-15(7-11)20-10-19-14/h3-4,7,12-13H,5-6,8-10,16H2,1-2H3. The second-order valence-electron chi connectivity index (χ2n) is 5.77. The van der Waals surface area contributed by atoms with Crippen LogP contribution >= 0.6 is 0 Å². The van der Waals surface area contributed by atoms with Crippen molar-refractivity contribution in [1.82, 2.24) is 9.80 Å². The average Bonchev–Trinajstić information content (AvgIpc) is 3.07. The van der Waals surface area contributed by atoms with Crippen molar-refractivity contribution < 1.29 is 9.47 Å². The number of nitrogens with zero attached hydrogens (tertiary/aromatic N) is 2. The lowest BCUT2D eigenvalue weighted by Crippen LogP contribution is -2.36. The van der Waals surface area contributed by atoms with E-state index in [-0.39, 0.29) is 6.04 Å². The average molecular weight is 277 g/mol. The third-order valence-corrected chi connectivity index (χ3v) is 4.37. The normalized spacial score (nSPS) is 23.5. The predicted molar refractivity (Wildman–Crippen MR) is 78.0 cm³/mol. The number of benzene rings is 1. The minimum Gasteiger partial charge on any atom is -0.454 e. The van der Waals surface area contributed by atoms with Crippen LogP contribution in [0.15, 0.2) is 18.2 Å². The molecular weight excluding hydrogens is 254 g/mol. The van der Waals surface area contributed by atoms with Crippen molar-refractivity contribution in [2.45, 2.75) is 18.5 Å². The van der Waals surface area contributed by atoms with Gasteiger partial charge in [-0.3, -0.25) is 4.90 Å². The van der Waals surface area contributed by atoms with E-state index in [0.717, 1.165) is 24.6 Å². The lowest BCUT2D eigenvalue weighted by Gasteiger charge is -2.28. The number of ether oxygens (including phenoxy) is 2. The number of nitrogens with two attached hydrogens (primary N) is 1. The molecule has 0 bridgehead atoms. The molecule has 2 atom stereocenters. The summed E-state index contributed by atoms with van der Waals surface area (Å²) in [6.07, 6.45) is 1.20. The van der Waals surface area contributed by atoms with Gasteiger partial charge >= 0.3 is 0 Å². The monoisotopic (exact) mass is 277 g/mol. The Morgan fingerprint density at radius 1 is 1.35 bits per heavy atom. The molecule has 0 aliphatic carbocycles. The van der Waals surface area contributed by atoms with Gasteiger partial charge in [0.2, 0.25) is 6.79 Å². The van der Waals surface area contributed by atoms with Crippen LogP contribution in [0.4, 0.5) is 0 Å². The number of likely N-dealkylation sites (N-methyl/N-ethyl adjacent to an activating group) is 1. The number of rotatable bonds is 4. The third-order valence-electron chi connectivity index (χ3n) is 4.37. The van der Waals surface area contributed by atoms with Crippen LogP contribution in [0.1, 0.15) is 18.0 Å². The van der Waals surface area contributed by atoms with E-state index < -0.39 is 0 Å². The highest BCUT2D eigenvalue weighted by atomic mass is 16.7. The zero-order valence-corrected chi connectivity index (χ0v) is 12.2. The number of hydrogen-bond donors (Lipinski definition) is 1. The van der Waals surface area contributed by atoms with Gasteiger partial charge in [-0.1, -0.05) is 6.07 Å². The molecule has 1 aromatic rings. The first kappa shape index (κ1) is 13.7. The van der Waals surface area contributed by atoms with Crippen molar-refractivity contribution >= 4 is 0 Å². The van der Waals surface area contributed by atoms with Crippen LogP contribution in [-0.2, 0) is 0 Å². The molecule has 2 N–H and O–H groups in total. The van der Waals surface area contributed by atoms with E-state index in [1.54, 1.807) is 0 Å². The van der Waals surface area contributed by atoms with E-state index in [0.29, 0.717) is 19.4 Å². The Morgan fingerprint density at radius 3 is 2.85 bits per heavy atom. The second kappa shape index (κ2) is 5.60. The molecule has 0 radical (unpaired) electrons. The van der Waals surface area contributed by atoms with Gasteiger partial charge in [0, 0.05) is 31.7 Å². The van der Waals surface area contributed by atoms with Gasteiger partial charge in [-0.15, -0.1) is 0 Å². The summed E-state index contributed by atoms with van der Waals surface area (Å²) >= 11 is 0. The Labute approximate surface area is 120 Å². The zero-order valence-electron chi connectivity index (χ0n) is 12.2. The van der Waals surface area contributed by atoms with E-state index in [4.69, 9.17) is 15.2 Å². The molecule has 1 aromatic carbocycles. The van der Waals surface area contributed by atoms with Gasteiger partial charge in [-0.2, -0.15) is 0 Å². The van der Waals surface area contributed by atoms with Crippen LogP contribution in [0.3, 0.4) is 0 Å². The summed E-state index contributed by atoms with van der Waals surface area (Å²) in [6.45, 7) is 3.11. The first-order valence-corrected chi connectivity index (χ1v) is 7.19. The van der Waals surface area contributed by atoms with Gasteiger partial charge in [0.25, 0.3) is 0 Å². The number of hydrogen-bond acceptors (Lipinski definition) is 5. The Hall–Kier alpha value is -1.30. The fourth-order valence-electron chi connectivity index (χ4n) is 3.09. The number of likely N-dealkylation sites (tertiary alicyclic amines) is 1. The van der Waals surface area contributed by atoms with E-state index in [1.165, 1.54) is 12.0 Å². The molecule has 2 aliphatic heterocycles. The van der Waals surface area contributed by atoms with Crippen molar-refractivity contribution in [3.63, 3.8) is 0 Å². The molecule has 1 saturated heterocycles. The molecule has 0 amide bonds. The summed E-state index contributed by atoms with van der Waals surface area (Å²) in [5, 5.41) is 0. The Morgan fingerprint density at radius 2 is 2.15 bits per heavy atom. The Bertz CT molecular complexity index is 478. The van der Waals surface area contributed by atoms with E-state index in [9.17, 15) is 0 Å². The molecule has 20 heavy (non-hydrogen) atoms. The lowest BCUT2D eigenvalue weighted by molar-refractivity contribution is 0.173. The fourth-order valence-corrected chi connectivity index (χ4v) is 3.09. The minimum absolute atomic E-state index is 0.259. The third kappa shape index (κ3) is 2.49. The molecule has 2 heterocycles. The highest BCUT2D eigenvalue weighted by Crippen LogP contribution is 2.36. The quantitative estimate of drug-likeness (QED) is 0.891. The van der Waals surface area contributed by atoms with E-state index in [2.05, 4.69) is 36.0 Å². The summed E-state index contributed by atoms with van der Waals surface area (Å²) < 4.78 is 10.8. The van der Waals surface area contributed by atoms with Gasteiger partial charge in [0.15, 0.2) is 11.5 Å². The first-order valence-electron chi connectivity index (χ1n) is 7.19. The van der Waals surface area contributed by atoms with Gasteiger partial charge in [0.05, 0.1) is 0 Å². The van der Waals surface area contributed by atoms with Crippen molar-refractivity contribution in [2.24, 2.45) is 5.73 Å². The van der Waals surface area contributed by atoms with Gasteiger partial charge < -0.3 is 20.1 Å². The molecular formula is C15H23N3O2. The smallest absolute Gasteiger partial charge is 0.231 e. The molecule has 110 valence electrons. The molecule has 2 unspecified atom stereocenters. The predicted octanol–water partition coefficient (Wildman–Crippen LogP) is 1.05. The summed E-state index contributed by atoms with van der Waals surface area (Å²) in [4.78, 5) is 4.77. The molecule has 0 spiro atoms. The van der Waals surface area contributed by atoms with Crippen molar-refractivity contribution in [1.29, 1.82) is 0 Å².